The highest BCUT2D eigenvalue weighted by Crippen LogP contribution is 2.08. The van der Waals surface area contributed by atoms with Crippen LogP contribution in [0, 0.1) is 5.92 Å². The Hall–Kier alpha value is -0.350. The molecular formula is C12H18BrNOS. The standard InChI is InChI=1S/C12H18BrNOS/c1-10(8-13)3-2-5-14-12(15)7-11-4-6-16-9-11/h4,6,9-10H,2-3,5,7-8H2,1H3,(H,14,15). The third-order valence-electron chi connectivity index (χ3n) is 2.40. The van der Waals surface area contributed by atoms with E-state index >= 15 is 0 Å². The summed E-state index contributed by atoms with van der Waals surface area (Å²) in [5, 5.41) is 8.01. The maximum Gasteiger partial charge on any atom is 0.224 e. The van der Waals surface area contributed by atoms with Crippen molar-refractivity contribution in [3.05, 3.63) is 22.4 Å². The topological polar surface area (TPSA) is 29.1 Å². The highest BCUT2D eigenvalue weighted by molar-refractivity contribution is 9.09. The summed E-state index contributed by atoms with van der Waals surface area (Å²) < 4.78 is 0. The lowest BCUT2D eigenvalue weighted by atomic mass is 10.1. The Morgan fingerprint density at radius 1 is 1.62 bits per heavy atom. The van der Waals surface area contributed by atoms with Crippen LogP contribution in [0.25, 0.3) is 0 Å². The van der Waals surface area contributed by atoms with Gasteiger partial charge in [-0.05, 0) is 41.1 Å². The molecule has 1 atom stereocenters. The van der Waals surface area contributed by atoms with E-state index in [0.29, 0.717) is 12.3 Å². The molecule has 1 aromatic rings. The molecule has 1 unspecified atom stereocenters. The summed E-state index contributed by atoms with van der Waals surface area (Å²) in [4.78, 5) is 11.5. The summed E-state index contributed by atoms with van der Waals surface area (Å²) in [5.41, 5.74) is 1.11. The monoisotopic (exact) mass is 303 g/mol. The molecule has 0 aliphatic carbocycles. The molecule has 0 aromatic carbocycles. The summed E-state index contributed by atoms with van der Waals surface area (Å²) in [5.74, 6) is 0.818. The number of carbonyl (C=O) groups is 1. The minimum atomic E-state index is 0.130. The molecule has 0 saturated heterocycles. The van der Waals surface area contributed by atoms with Gasteiger partial charge in [-0.1, -0.05) is 22.9 Å². The van der Waals surface area contributed by atoms with Crippen molar-refractivity contribution in [1.29, 1.82) is 0 Å². The molecule has 1 aromatic heterocycles. The van der Waals surface area contributed by atoms with Crippen LogP contribution in [-0.4, -0.2) is 17.8 Å². The molecular weight excluding hydrogens is 286 g/mol. The maximum absolute atomic E-state index is 11.5. The SMILES string of the molecule is CC(CBr)CCCNC(=O)Cc1ccsc1. The zero-order valence-electron chi connectivity index (χ0n) is 9.54. The van der Waals surface area contributed by atoms with Gasteiger partial charge in [-0.3, -0.25) is 4.79 Å². The van der Waals surface area contributed by atoms with E-state index in [9.17, 15) is 4.79 Å². The highest BCUT2D eigenvalue weighted by atomic mass is 79.9. The lowest BCUT2D eigenvalue weighted by Gasteiger charge is -2.07. The molecule has 90 valence electrons. The molecule has 1 N–H and O–H groups in total. The van der Waals surface area contributed by atoms with Crippen molar-refractivity contribution in [3.8, 4) is 0 Å². The maximum atomic E-state index is 11.5. The number of halogens is 1. The van der Waals surface area contributed by atoms with E-state index in [2.05, 4.69) is 28.2 Å². The van der Waals surface area contributed by atoms with Crippen molar-refractivity contribution in [2.24, 2.45) is 5.92 Å². The number of hydrogen-bond donors (Lipinski definition) is 1. The van der Waals surface area contributed by atoms with Crippen LogP contribution in [0.2, 0.25) is 0 Å². The fourth-order valence-electron chi connectivity index (χ4n) is 1.40. The molecule has 0 aliphatic heterocycles. The van der Waals surface area contributed by atoms with Gasteiger partial charge < -0.3 is 5.32 Å². The minimum absolute atomic E-state index is 0.130. The van der Waals surface area contributed by atoms with Crippen LogP contribution < -0.4 is 5.32 Å². The van der Waals surface area contributed by atoms with E-state index < -0.39 is 0 Å². The lowest BCUT2D eigenvalue weighted by molar-refractivity contribution is -0.120. The average Bonchev–Trinajstić information content (AvgIpc) is 2.76. The Labute approximate surface area is 110 Å². The molecule has 1 rings (SSSR count). The quantitative estimate of drug-likeness (QED) is 0.608. The van der Waals surface area contributed by atoms with Gasteiger partial charge in [0.05, 0.1) is 6.42 Å². The summed E-state index contributed by atoms with van der Waals surface area (Å²) >= 11 is 5.08. The number of nitrogens with one attached hydrogen (secondary N) is 1. The molecule has 0 saturated carbocycles. The molecule has 2 nitrogen and oxygen atoms in total. The number of amides is 1. The van der Waals surface area contributed by atoms with Crippen molar-refractivity contribution >= 4 is 33.2 Å². The van der Waals surface area contributed by atoms with Crippen LogP contribution in [0.3, 0.4) is 0 Å². The number of rotatable bonds is 7. The average molecular weight is 304 g/mol. The molecule has 1 amide bonds. The normalized spacial score (nSPS) is 12.4. The highest BCUT2D eigenvalue weighted by Gasteiger charge is 2.03. The number of carbonyl (C=O) groups excluding carboxylic acids is 1. The van der Waals surface area contributed by atoms with Gasteiger partial charge in [-0.25, -0.2) is 0 Å². The third-order valence-corrected chi connectivity index (χ3v) is 4.24. The van der Waals surface area contributed by atoms with Crippen molar-refractivity contribution in [2.45, 2.75) is 26.2 Å². The number of thiophene rings is 1. The van der Waals surface area contributed by atoms with Gasteiger partial charge in [-0.15, -0.1) is 0 Å². The van der Waals surface area contributed by atoms with Gasteiger partial charge in [0.25, 0.3) is 0 Å². The first-order valence-corrected chi connectivity index (χ1v) is 7.62. The van der Waals surface area contributed by atoms with E-state index in [4.69, 9.17) is 0 Å². The summed E-state index contributed by atoms with van der Waals surface area (Å²) in [7, 11) is 0. The second-order valence-corrected chi connectivity index (χ2v) is 5.49. The molecule has 16 heavy (non-hydrogen) atoms. The Morgan fingerprint density at radius 3 is 3.06 bits per heavy atom. The Kier molecular flexibility index (Phi) is 6.73. The third kappa shape index (κ3) is 5.66. The van der Waals surface area contributed by atoms with E-state index in [0.717, 1.165) is 30.3 Å². The molecule has 4 heteroatoms. The van der Waals surface area contributed by atoms with Gasteiger partial charge in [0, 0.05) is 11.9 Å². The Bertz CT molecular complexity index is 300. The first-order chi connectivity index (χ1) is 7.72. The Balaban J connectivity index is 2.07. The molecule has 0 spiro atoms. The van der Waals surface area contributed by atoms with Crippen molar-refractivity contribution in [3.63, 3.8) is 0 Å². The Morgan fingerprint density at radius 2 is 2.44 bits per heavy atom. The fraction of sp³-hybridized carbons (Fsp3) is 0.583. The van der Waals surface area contributed by atoms with Crippen LogP contribution in [0.5, 0.6) is 0 Å². The summed E-state index contributed by atoms with van der Waals surface area (Å²) in [6, 6.07) is 2.00. The van der Waals surface area contributed by atoms with E-state index in [-0.39, 0.29) is 5.91 Å². The smallest absolute Gasteiger partial charge is 0.224 e. The van der Waals surface area contributed by atoms with Gasteiger partial charge >= 0.3 is 0 Å². The minimum Gasteiger partial charge on any atom is -0.356 e. The summed E-state index contributed by atoms with van der Waals surface area (Å²) in [6.07, 6.45) is 2.73. The summed E-state index contributed by atoms with van der Waals surface area (Å²) in [6.45, 7) is 3.00. The van der Waals surface area contributed by atoms with Crippen molar-refractivity contribution < 1.29 is 4.79 Å². The second kappa shape index (κ2) is 7.85. The van der Waals surface area contributed by atoms with Crippen molar-refractivity contribution in [2.75, 3.05) is 11.9 Å². The van der Waals surface area contributed by atoms with Gasteiger partial charge in [0.1, 0.15) is 0 Å². The zero-order chi connectivity index (χ0) is 11.8. The number of alkyl halides is 1. The van der Waals surface area contributed by atoms with E-state index in [1.54, 1.807) is 11.3 Å². The zero-order valence-corrected chi connectivity index (χ0v) is 11.9. The molecule has 0 bridgehead atoms. The van der Waals surface area contributed by atoms with E-state index in [1.165, 1.54) is 0 Å². The van der Waals surface area contributed by atoms with Crippen LogP contribution >= 0.6 is 27.3 Å². The van der Waals surface area contributed by atoms with Crippen LogP contribution in [0.4, 0.5) is 0 Å². The van der Waals surface area contributed by atoms with Gasteiger partial charge in [0.15, 0.2) is 0 Å². The van der Waals surface area contributed by atoms with Crippen LogP contribution in [0.15, 0.2) is 16.8 Å². The van der Waals surface area contributed by atoms with E-state index in [1.807, 2.05) is 16.8 Å². The van der Waals surface area contributed by atoms with Gasteiger partial charge in [-0.2, -0.15) is 11.3 Å². The molecule has 0 radical (unpaired) electrons. The fourth-order valence-corrected chi connectivity index (χ4v) is 2.39. The molecule has 0 aliphatic rings. The predicted octanol–water partition coefficient (Wildman–Crippen LogP) is 3.22. The van der Waals surface area contributed by atoms with Crippen molar-refractivity contribution in [1.82, 2.24) is 5.32 Å². The second-order valence-electron chi connectivity index (χ2n) is 4.06. The number of hydrogen-bond acceptors (Lipinski definition) is 2. The largest absolute Gasteiger partial charge is 0.356 e. The first kappa shape index (κ1) is 13.7. The molecule has 0 fully saturated rings. The predicted molar refractivity (Wildman–Crippen MR) is 73.2 cm³/mol. The van der Waals surface area contributed by atoms with Crippen LogP contribution in [0.1, 0.15) is 25.3 Å². The first-order valence-electron chi connectivity index (χ1n) is 5.56. The lowest BCUT2D eigenvalue weighted by Crippen LogP contribution is -2.26. The van der Waals surface area contributed by atoms with Gasteiger partial charge in [0.2, 0.25) is 5.91 Å². The van der Waals surface area contributed by atoms with Crippen LogP contribution in [-0.2, 0) is 11.2 Å². The molecule has 1 heterocycles.